The largest absolute Gasteiger partial charge is 0.381 e. The highest BCUT2D eigenvalue weighted by Crippen LogP contribution is 2.28. The molecule has 0 saturated carbocycles. The van der Waals surface area contributed by atoms with E-state index in [9.17, 15) is 23.5 Å². The molecule has 1 unspecified atom stereocenters. The number of piperazine rings is 1. The van der Waals surface area contributed by atoms with Gasteiger partial charge in [-0.15, -0.1) is 0 Å². The van der Waals surface area contributed by atoms with Crippen LogP contribution in [-0.2, 0) is 18.7 Å². The topological polar surface area (TPSA) is 126 Å². The molecule has 0 bridgehead atoms. The number of aromatic nitrogens is 6. The number of anilines is 2. The minimum atomic E-state index is -2.01. The minimum Gasteiger partial charge on any atom is -0.381 e. The van der Waals surface area contributed by atoms with Gasteiger partial charge in [0.1, 0.15) is 36.2 Å². The van der Waals surface area contributed by atoms with Gasteiger partial charge in [-0.1, -0.05) is 17.7 Å². The summed E-state index contributed by atoms with van der Waals surface area (Å²) >= 11 is 5.91. The van der Waals surface area contributed by atoms with Crippen LogP contribution in [-0.4, -0.2) is 71.3 Å². The van der Waals surface area contributed by atoms with Crippen molar-refractivity contribution >= 4 is 29.0 Å². The molecular weight excluding hydrogens is 608 g/mol. The number of carbonyl (C=O) groups is 1. The zero-order valence-corrected chi connectivity index (χ0v) is 24.6. The number of hydrogen-bond donors (Lipinski definition) is 2. The molecule has 1 saturated heterocycles. The highest BCUT2D eigenvalue weighted by atomic mass is 35.5. The fourth-order valence-corrected chi connectivity index (χ4v) is 5.39. The van der Waals surface area contributed by atoms with Gasteiger partial charge in [-0.05, 0) is 54.6 Å². The number of halogens is 3. The molecule has 1 atom stereocenters. The Morgan fingerprint density at radius 2 is 1.62 bits per heavy atom. The molecule has 1 aliphatic heterocycles. The lowest BCUT2D eigenvalue weighted by Gasteiger charge is -2.36. The third-order valence-electron chi connectivity index (χ3n) is 7.62. The van der Waals surface area contributed by atoms with E-state index in [4.69, 9.17) is 11.6 Å². The first kappa shape index (κ1) is 30.0. The molecule has 3 aromatic carbocycles. The number of hydrogen-bond acceptors (Lipinski definition) is 7. The molecule has 12 nitrogen and oxygen atoms in total. The zero-order valence-electron chi connectivity index (χ0n) is 23.8. The van der Waals surface area contributed by atoms with Crippen molar-refractivity contribution in [3.05, 3.63) is 118 Å². The van der Waals surface area contributed by atoms with Crippen molar-refractivity contribution in [1.82, 2.24) is 34.0 Å². The molecule has 232 valence electrons. The van der Waals surface area contributed by atoms with E-state index >= 15 is 0 Å². The van der Waals surface area contributed by atoms with Gasteiger partial charge in [-0.2, -0.15) is 10.2 Å². The van der Waals surface area contributed by atoms with Gasteiger partial charge in [0, 0.05) is 54.2 Å². The maximum Gasteiger partial charge on any atom is 0.350 e. The second-order valence-electron chi connectivity index (χ2n) is 10.6. The summed E-state index contributed by atoms with van der Waals surface area (Å²) in [6.45, 7) is 1.60. The van der Waals surface area contributed by atoms with Crippen LogP contribution in [0.15, 0.2) is 90.5 Å². The van der Waals surface area contributed by atoms with E-state index in [1.165, 1.54) is 28.2 Å². The lowest BCUT2D eigenvalue weighted by Crippen LogP contribution is -2.50. The summed E-state index contributed by atoms with van der Waals surface area (Å²) < 4.78 is 32.1. The lowest BCUT2D eigenvalue weighted by molar-refractivity contribution is -0.00948. The summed E-state index contributed by atoms with van der Waals surface area (Å²) in [4.78, 5) is 33.8. The molecule has 2 aromatic heterocycles. The SMILES string of the molecule is O=C(Nc1ccc(Cl)cc1)N1CCN(c2ccc(-n3cnn(CC(O)(Cn4cncn4)c4ccc(F)cc4F)c3=O)cc2)CC1. The number of aliphatic hydroxyl groups is 1. The molecule has 45 heavy (non-hydrogen) atoms. The molecule has 0 radical (unpaired) electrons. The predicted molar refractivity (Wildman–Crippen MR) is 162 cm³/mol. The number of rotatable bonds is 8. The van der Waals surface area contributed by atoms with Crippen LogP contribution in [0.5, 0.6) is 0 Å². The first-order chi connectivity index (χ1) is 21.7. The van der Waals surface area contributed by atoms with Crippen LogP contribution >= 0.6 is 11.6 Å². The van der Waals surface area contributed by atoms with Gasteiger partial charge in [0.2, 0.25) is 0 Å². The fraction of sp³-hybridized carbons (Fsp3) is 0.233. The van der Waals surface area contributed by atoms with E-state index in [0.29, 0.717) is 48.6 Å². The number of urea groups is 1. The smallest absolute Gasteiger partial charge is 0.350 e. The number of nitrogens with zero attached hydrogens (tertiary/aromatic N) is 8. The van der Waals surface area contributed by atoms with Gasteiger partial charge in [-0.3, -0.25) is 0 Å². The molecule has 0 spiro atoms. The number of carbonyl (C=O) groups excluding carboxylic acids is 1. The van der Waals surface area contributed by atoms with E-state index in [0.717, 1.165) is 22.5 Å². The van der Waals surface area contributed by atoms with E-state index in [1.807, 2.05) is 12.1 Å². The van der Waals surface area contributed by atoms with Crippen LogP contribution in [0.1, 0.15) is 5.56 Å². The third-order valence-corrected chi connectivity index (χ3v) is 7.87. The monoisotopic (exact) mass is 635 g/mol. The first-order valence-electron chi connectivity index (χ1n) is 14.0. The second-order valence-corrected chi connectivity index (χ2v) is 11.1. The van der Waals surface area contributed by atoms with Gasteiger partial charge >= 0.3 is 11.7 Å². The van der Waals surface area contributed by atoms with Crippen LogP contribution in [0.2, 0.25) is 5.02 Å². The summed E-state index contributed by atoms with van der Waals surface area (Å²) in [6, 6.07) is 16.9. The second kappa shape index (κ2) is 12.5. The highest BCUT2D eigenvalue weighted by Gasteiger charge is 2.35. The highest BCUT2D eigenvalue weighted by molar-refractivity contribution is 6.30. The molecule has 1 aliphatic rings. The van der Waals surface area contributed by atoms with Crippen LogP contribution in [0.4, 0.5) is 25.0 Å². The van der Waals surface area contributed by atoms with Gasteiger partial charge < -0.3 is 20.2 Å². The summed E-state index contributed by atoms with van der Waals surface area (Å²) in [7, 11) is 0. The van der Waals surface area contributed by atoms with Crippen LogP contribution in [0, 0.1) is 11.6 Å². The normalized spacial score (nSPS) is 14.8. The van der Waals surface area contributed by atoms with E-state index in [2.05, 4.69) is 25.4 Å². The van der Waals surface area contributed by atoms with E-state index in [1.54, 1.807) is 41.3 Å². The molecule has 5 aromatic rings. The van der Waals surface area contributed by atoms with Crippen molar-refractivity contribution in [3.63, 3.8) is 0 Å². The molecule has 2 amide bonds. The Bertz CT molecular complexity index is 1840. The van der Waals surface area contributed by atoms with E-state index in [-0.39, 0.29) is 18.1 Å². The van der Waals surface area contributed by atoms with Crippen molar-refractivity contribution in [1.29, 1.82) is 0 Å². The summed E-state index contributed by atoms with van der Waals surface area (Å²) in [5, 5.41) is 23.2. The molecule has 6 rings (SSSR count). The van der Waals surface area contributed by atoms with Crippen LogP contribution in [0.25, 0.3) is 5.69 Å². The Kier molecular flexibility index (Phi) is 8.32. The van der Waals surface area contributed by atoms with Crippen molar-refractivity contribution in [3.8, 4) is 5.69 Å². The molecule has 15 heteroatoms. The number of benzene rings is 3. The van der Waals surface area contributed by atoms with Crippen LogP contribution < -0.4 is 15.9 Å². The van der Waals surface area contributed by atoms with Gasteiger partial charge in [0.25, 0.3) is 0 Å². The Morgan fingerprint density at radius 3 is 2.29 bits per heavy atom. The van der Waals surface area contributed by atoms with Gasteiger partial charge in [-0.25, -0.2) is 37.3 Å². The Hall–Kier alpha value is -5.08. The Labute approximate surface area is 260 Å². The quantitative estimate of drug-likeness (QED) is 0.267. The van der Waals surface area contributed by atoms with Crippen LogP contribution in [0.3, 0.4) is 0 Å². The summed E-state index contributed by atoms with van der Waals surface area (Å²) in [6.07, 6.45) is 3.91. The number of amides is 2. The average molecular weight is 636 g/mol. The molecule has 0 aliphatic carbocycles. The average Bonchev–Trinajstić information content (AvgIpc) is 3.67. The molecule has 2 N–H and O–H groups in total. The fourth-order valence-electron chi connectivity index (χ4n) is 5.27. The molecule has 1 fully saturated rings. The van der Waals surface area contributed by atoms with Crippen molar-refractivity contribution < 1.29 is 18.7 Å². The Morgan fingerprint density at radius 1 is 0.911 bits per heavy atom. The van der Waals surface area contributed by atoms with Crippen molar-refractivity contribution in [2.75, 3.05) is 36.4 Å². The third kappa shape index (κ3) is 6.56. The van der Waals surface area contributed by atoms with Gasteiger partial charge in [0.05, 0.1) is 18.8 Å². The molecule has 3 heterocycles. The predicted octanol–water partition coefficient (Wildman–Crippen LogP) is 3.50. The standard InChI is InChI=1S/C30H28ClF2N9O3/c31-21-1-4-23(5-2-21)37-28(43)39-13-11-38(12-14-39)24-6-8-25(9-7-24)41-20-36-42(29(41)44)17-30(45,16-40-19-34-18-35-40)26-10-3-22(32)15-27(26)33/h1-10,15,18-20,45H,11-14,16-17H2,(H,37,43). The number of nitrogens with one attached hydrogen (secondary N) is 1. The Balaban J connectivity index is 1.13. The minimum absolute atomic E-state index is 0.181. The van der Waals surface area contributed by atoms with Crippen molar-refractivity contribution in [2.24, 2.45) is 0 Å². The first-order valence-corrected chi connectivity index (χ1v) is 14.4. The maximum atomic E-state index is 14.8. The summed E-state index contributed by atoms with van der Waals surface area (Å²) in [5.74, 6) is -1.77. The van der Waals surface area contributed by atoms with Gasteiger partial charge in [0.15, 0.2) is 0 Å². The molecular formula is C30H28ClF2N9O3. The van der Waals surface area contributed by atoms with Crippen molar-refractivity contribution in [2.45, 2.75) is 18.7 Å². The zero-order chi connectivity index (χ0) is 31.6. The van der Waals surface area contributed by atoms with E-state index < -0.39 is 29.5 Å². The maximum absolute atomic E-state index is 14.8. The lowest BCUT2D eigenvalue weighted by atomic mass is 9.93. The summed E-state index contributed by atoms with van der Waals surface area (Å²) in [5.41, 5.74) is -0.666.